The lowest BCUT2D eigenvalue weighted by Gasteiger charge is -2.25. The molecule has 0 radical (unpaired) electrons. The molecular weight excluding hydrogens is 438 g/mol. The highest BCUT2D eigenvalue weighted by atomic mass is 32.1. The van der Waals surface area contributed by atoms with Gasteiger partial charge in [-0.25, -0.2) is 9.97 Å². The fraction of sp³-hybridized carbons (Fsp3) is 0.522. The molecule has 3 aromatic heterocycles. The van der Waals surface area contributed by atoms with Crippen LogP contribution in [0.4, 0.5) is 16.6 Å². The third-order valence-electron chi connectivity index (χ3n) is 6.50. The van der Waals surface area contributed by atoms with Gasteiger partial charge in [-0.1, -0.05) is 18.3 Å². The Labute approximate surface area is 196 Å². The predicted octanol–water partition coefficient (Wildman–Crippen LogP) is 3.29. The van der Waals surface area contributed by atoms with Gasteiger partial charge in [-0.3, -0.25) is 9.78 Å². The second kappa shape index (κ2) is 8.49. The smallest absolute Gasteiger partial charge is 0.276 e. The molecule has 172 valence electrons. The van der Waals surface area contributed by atoms with Crippen molar-refractivity contribution in [3.05, 3.63) is 29.8 Å². The van der Waals surface area contributed by atoms with Gasteiger partial charge in [0.05, 0.1) is 41.7 Å². The SMILES string of the molecule is CC1CCN(c2cncc(C(=O)Nc3cc4sc(N5CCOCC5)nc4nc3C3CC3)n2)C1. The van der Waals surface area contributed by atoms with E-state index >= 15 is 0 Å². The van der Waals surface area contributed by atoms with Crippen LogP contribution in [0.1, 0.15) is 48.3 Å². The molecule has 1 aliphatic carbocycles. The van der Waals surface area contributed by atoms with E-state index in [-0.39, 0.29) is 5.91 Å². The van der Waals surface area contributed by atoms with Gasteiger partial charge in [0.15, 0.2) is 10.8 Å². The lowest BCUT2D eigenvalue weighted by atomic mass is 10.2. The quantitative estimate of drug-likeness (QED) is 0.613. The van der Waals surface area contributed by atoms with Gasteiger partial charge in [-0.05, 0) is 31.2 Å². The van der Waals surface area contributed by atoms with Crippen LogP contribution >= 0.6 is 11.3 Å². The number of hydrogen-bond acceptors (Lipinski definition) is 9. The monoisotopic (exact) mass is 465 g/mol. The van der Waals surface area contributed by atoms with Crippen molar-refractivity contribution in [2.75, 3.05) is 54.5 Å². The van der Waals surface area contributed by atoms with E-state index < -0.39 is 0 Å². The summed E-state index contributed by atoms with van der Waals surface area (Å²) in [5, 5.41) is 4.04. The van der Waals surface area contributed by atoms with Crippen molar-refractivity contribution in [1.82, 2.24) is 19.9 Å². The van der Waals surface area contributed by atoms with Gasteiger partial charge in [0, 0.05) is 32.1 Å². The molecule has 1 saturated carbocycles. The number of nitrogens with one attached hydrogen (secondary N) is 1. The van der Waals surface area contributed by atoms with Crippen molar-refractivity contribution < 1.29 is 9.53 Å². The van der Waals surface area contributed by atoms with E-state index in [4.69, 9.17) is 14.7 Å². The Morgan fingerprint density at radius 2 is 1.94 bits per heavy atom. The summed E-state index contributed by atoms with van der Waals surface area (Å²) < 4.78 is 6.44. The van der Waals surface area contributed by atoms with E-state index in [2.05, 4.69) is 32.0 Å². The van der Waals surface area contributed by atoms with E-state index in [0.29, 0.717) is 30.7 Å². The van der Waals surface area contributed by atoms with Gasteiger partial charge in [-0.2, -0.15) is 4.98 Å². The van der Waals surface area contributed by atoms with E-state index in [1.807, 2.05) is 6.07 Å². The zero-order chi connectivity index (χ0) is 22.4. The first-order chi connectivity index (χ1) is 16.1. The highest BCUT2D eigenvalue weighted by Gasteiger charge is 2.30. The van der Waals surface area contributed by atoms with Gasteiger partial charge in [-0.15, -0.1) is 0 Å². The van der Waals surface area contributed by atoms with Gasteiger partial charge >= 0.3 is 0 Å². The number of thiazole rings is 1. The van der Waals surface area contributed by atoms with Crippen molar-refractivity contribution in [2.24, 2.45) is 5.92 Å². The minimum absolute atomic E-state index is 0.252. The van der Waals surface area contributed by atoms with Crippen molar-refractivity contribution in [3.63, 3.8) is 0 Å². The van der Waals surface area contributed by atoms with E-state index in [9.17, 15) is 4.79 Å². The highest BCUT2D eigenvalue weighted by molar-refractivity contribution is 7.22. The molecule has 3 aromatic rings. The molecule has 2 saturated heterocycles. The number of anilines is 3. The molecular formula is C23H27N7O2S. The first-order valence-electron chi connectivity index (χ1n) is 11.7. The summed E-state index contributed by atoms with van der Waals surface area (Å²) in [7, 11) is 0. The molecule has 5 heterocycles. The molecule has 1 atom stereocenters. The maximum Gasteiger partial charge on any atom is 0.276 e. The summed E-state index contributed by atoms with van der Waals surface area (Å²) in [5.41, 5.74) is 2.76. The van der Waals surface area contributed by atoms with E-state index in [1.165, 1.54) is 6.20 Å². The first kappa shape index (κ1) is 20.7. The number of carbonyl (C=O) groups excluding carboxylic acids is 1. The predicted molar refractivity (Wildman–Crippen MR) is 128 cm³/mol. The summed E-state index contributed by atoms with van der Waals surface area (Å²) in [6, 6.07) is 2.02. The average Bonchev–Trinajstić information content (AvgIpc) is 3.46. The lowest BCUT2D eigenvalue weighted by molar-refractivity contribution is 0.102. The molecule has 0 bridgehead atoms. The Kier molecular flexibility index (Phi) is 5.34. The maximum absolute atomic E-state index is 13.1. The fourth-order valence-corrected chi connectivity index (χ4v) is 5.47. The maximum atomic E-state index is 13.1. The second-order valence-corrected chi connectivity index (χ2v) is 10.2. The number of carbonyl (C=O) groups is 1. The molecule has 0 aromatic carbocycles. The second-order valence-electron chi connectivity index (χ2n) is 9.17. The number of amides is 1. The Morgan fingerprint density at radius 1 is 1.09 bits per heavy atom. The van der Waals surface area contributed by atoms with Crippen LogP contribution < -0.4 is 15.1 Å². The van der Waals surface area contributed by atoms with E-state index in [0.717, 1.165) is 78.1 Å². The molecule has 3 aliphatic rings. The van der Waals surface area contributed by atoms with Crippen LogP contribution in [-0.2, 0) is 4.74 Å². The average molecular weight is 466 g/mol. The van der Waals surface area contributed by atoms with Gasteiger partial charge in [0.2, 0.25) is 0 Å². The van der Waals surface area contributed by atoms with Crippen molar-refractivity contribution in [2.45, 2.75) is 32.1 Å². The zero-order valence-corrected chi connectivity index (χ0v) is 19.5. The topological polar surface area (TPSA) is 96.4 Å². The summed E-state index contributed by atoms with van der Waals surface area (Å²) >= 11 is 1.61. The minimum atomic E-state index is -0.252. The van der Waals surface area contributed by atoms with Gasteiger partial charge < -0.3 is 19.9 Å². The number of hydrogen-bond donors (Lipinski definition) is 1. The highest BCUT2D eigenvalue weighted by Crippen LogP contribution is 2.44. The summed E-state index contributed by atoms with van der Waals surface area (Å²) in [4.78, 5) is 36.1. The van der Waals surface area contributed by atoms with Crippen LogP contribution in [0.5, 0.6) is 0 Å². The van der Waals surface area contributed by atoms with Crippen LogP contribution in [0.3, 0.4) is 0 Å². The van der Waals surface area contributed by atoms with Crippen molar-refractivity contribution in [3.8, 4) is 0 Å². The molecule has 10 heteroatoms. The molecule has 9 nitrogen and oxygen atoms in total. The number of rotatable bonds is 5. The van der Waals surface area contributed by atoms with Crippen LogP contribution in [0.25, 0.3) is 10.3 Å². The molecule has 3 fully saturated rings. The standard InChI is InChI=1S/C23H27N7O2S/c1-14-4-5-30(13-14)19-12-24-11-17(25-19)22(31)26-16-10-18-21(27-20(16)15-2-3-15)28-23(33-18)29-6-8-32-9-7-29/h10-12,14-15H,2-9,13H2,1H3,(H,26,31). The van der Waals surface area contributed by atoms with Crippen LogP contribution in [0.15, 0.2) is 18.5 Å². The summed E-state index contributed by atoms with van der Waals surface area (Å²) in [5.74, 6) is 1.52. The Bertz CT molecular complexity index is 1190. The number of pyridine rings is 1. The molecule has 2 aliphatic heterocycles. The van der Waals surface area contributed by atoms with Crippen LogP contribution in [0, 0.1) is 5.92 Å². The third kappa shape index (κ3) is 4.24. The van der Waals surface area contributed by atoms with Crippen LogP contribution in [0.2, 0.25) is 0 Å². The number of ether oxygens (including phenoxy) is 1. The Balaban J connectivity index is 1.27. The Morgan fingerprint density at radius 3 is 2.70 bits per heavy atom. The number of aromatic nitrogens is 4. The molecule has 6 rings (SSSR count). The number of nitrogens with zero attached hydrogens (tertiary/aromatic N) is 6. The van der Waals surface area contributed by atoms with Crippen molar-refractivity contribution >= 4 is 44.2 Å². The molecule has 1 unspecified atom stereocenters. The zero-order valence-electron chi connectivity index (χ0n) is 18.7. The minimum Gasteiger partial charge on any atom is -0.378 e. The largest absolute Gasteiger partial charge is 0.378 e. The summed E-state index contributed by atoms with van der Waals surface area (Å²) in [6.07, 6.45) is 6.58. The Hall–Kier alpha value is -2.85. The van der Waals surface area contributed by atoms with Crippen molar-refractivity contribution in [1.29, 1.82) is 0 Å². The lowest BCUT2D eigenvalue weighted by Crippen LogP contribution is -2.36. The first-order valence-corrected chi connectivity index (χ1v) is 12.5. The van der Waals surface area contributed by atoms with Crippen LogP contribution in [-0.4, -0.2) is 65.2 Å². The number of fused-ring (bicyclic) bond motifs is 1. The normalized spacial score (nSPS) is 21.1. The summed E-state index contributed by atoms with van der Waals surface area (Å²) in [6.45, 7) is 7.24. The molecule has 0 spiro atoms. The number of morpholine rings is 1. The fourth-order valence-electron chi connectivity index (χ4n) is 4.47. The van der Waals surface area contributed by atoms with Gasteiger partial charge in [0.25, 0.3) is 5.91 Å². The van der Waals surface area contributed by atoms with Gasteiger partial charge in [0.1, 0.15) is 11.5 Å². The molecule has 1 amide bonds. The van der Waals surface area contributed by atoms with E-state index in [1.54, 1.807) is 17.5 Å². The molecule has 1 N–H and O–H groups in total. The third-order valence-corrected chi connectivity index (χ3v) is 7.55. The molecule has 33 heavy (non-hydrogen) atoms.